The molecule has 0 amide bonds. The van der Waals surface area contributed by atoms with Gasteiger partial charge in [0.25, 0.3) is 0 Å². The minimum Gasteiger partial charge on any atom is -0.456 e. The topological polar surface area (TPSA) is 13.1 Å². The molecular weight excluding hydrogens is 945 g/mol. The van der Waals surface area contributed by atoms with Crippen LogP contribution in [-0.4, -0.2) is 0 Å². The van der Waals surface area contributed by atoms with E-state index in [0.717, 1.165) is 21.9 Å². The van der Waals surface area contributed by atoms with Crippen molar-refractivity contribution in [2.75, 3.05) is 0 Å². The van der Waals surface area contributed by atoms with Crippen LogP contribution in [-0.2, 0) is 0 Å². The SMILES string of the molecule is c1cc(-c2ccc3c(c2)c2ccccc2c2cc4c(cc32)oc2cc3c5ccc(-c6cccc(-c7cccc8c7sc7ccccc78)c6)cc5c5ccccc5c3cc24)cc(-c2cccc3c2sc2ccccc23)c1. The highest BCUT2D eigenvalue weighted by Crippen LogP contribution is 2.47. The first-order valence-corrected chi connectivity index (χ1v) is 27.3. The van der Waals surface area contributed by atoms with Crippen molar-refractivity contribution in [3.63, 3.8) is 0 Å². The molecule has 0 unspecified atom stereocenters. The van der Waals surface area contributed by atoms with Crippen molar-refractivity contribution in [1.82, 2.24) is 0 Å². The van der Waals surface area contributed by atoms with Gasteiger partial charge in [-0.15, -0.1) is 22.7 Å². The molecule has 3 aromatic heterocycles. The third-order valence-electron chi connectivity index (χ3n) is 16.2. The maximum Gasteiger partial charge on any atom is 0.136 e. The fourth-order valence-electron chi connectivity index (χ4n) is 12.7. The van der Waals surface area contributed by atoms with Crippen LogP contribution in [0.2, 0.25) is 0 Å². The highest BCUT2D eigenvalue weighted by Gasteiger charge is 2.19. The van der Waals surface area contributed by atoms with Crippen LogP contribution < -0.4 is 0 Å². The van der Waals surface area contributed by atoms with Gasteiger partial charge < -0.3 is 4.42 Å². The molecule has 0 bridgehead atoms. The van der Waals surface area contributed by atoms with Crippen LogP contribution in [0.25, 0.3) is 171 Å². The molecule has 346 valence electrons. The molecule has 0 fully saturated rings. The zero-order valence-electron chi connectivity index (χ0n) is 40.3. The van der Waals surface area contributed by atoms with Gasteiger partial charge in [0.1, 0.15) is 11.2 Å². The second-order valence-electron chi connectivity index (χ2n) is 20.2. The van der Waals surface area contributed by atoms with Gasteiger partial charge in [0.2, 0.25) is 0 Å². The van der Waals surface area contributed by atoms with Crippen LogP contribution in [0.3, 0.4) is 0 Å². The zero-order chi connectivity index (χ0) is 48.9. The van der Waals surface area contributed by atoms with E-state index in [0.29, 0.717) is 0 Å². The van der Waals surface area contributed by atoms with Crippen LogP contribution in [0.15, 0.2) is 247 Å². The van der Waals surface area contributed by atoms with E-state index in [1.807, 2.05) is 22.7 Å². The van der Waals surface area contributed by atoms with Crippen molar-refractivity contribution in [1.29, 1.82) is 0 Å². The number of rotatable bonds is 4. The van der Waals surface area contributed by atoms with Gasteiger partial charge >= 0.3 is 0 Å². The van der Waals surface area contributed by atoms with Gasteiger partial charge in [0.05, 0.1) is 0 Å². The quantitative estimate of drug-likeness (QED) is 0.160. The summed E-state index contributed by atoms with van der Waals surface area (Å²) in [7, 11) is 0. The van der Waals surface area contributed by atoms with Gasteiger partial charge in [-0.3, -0.25) is 0 Å². The van der Waals surface area contributed by atoms with E-state index in [9.17, 15) is 0 Å². The minimum absolute atomic E-state index is 0.902. The van der Waals surface area contributed by atoms with E-state index in [4.69, 9.17) is 4.42 Å². The summed E-state index contributed by atoms with van der Waals surface area (Å²) in [5, 5.41) is 22.4. The predicted molar refractivity (Wildman–Crippen MR) is 326 cm³/mol. The van der Waals surface area contributed by atoms with Gasteiger partial charge in [0.15, 0.2) is 0 Å². The summed E-state index contributed by atoms with van der Waals surface area (Å²) >= 11 is 3.77. The van der Waals surface area contributed by atoms with Crippen LogP contribution in [0.1, 0.15) is 0 Å². The normalized spacial score (nSPS) is 12.3. The van der Waals surface area contributed by atoms with E-state index in [1.165, 1.54) is 149 Å². The Labute approximate surface area is 438 Å². The molecule has 0 aliphatic carbocycles. The molecule has 17 rings (SSSR count). The second-order valence-corrected chi connectivity index (χ2v) is 22.3. The molecule has 0 N–H and O–H groups in total. The van der Waals surface area contributed by atoms with Crippen molar-refractivity contribution in [3.05, 3.63) is 243 Å². The summed E-state index contributed by atoms with van der Waals surface area (Å²) in [4.78, 5) is 0. The average Bonchev–Trinajstić information content (AvgIpc) is 4.18. The minimum atomic E-state index is 0.902. The Morgan fingerprint density at radius 2 is 0.533 bits per heavy atom. The van der Waals surface area contributed by atoms with Gasteiger partial charge in [-0.05, 0) is 170 Å². The molecule has 0 aliphatic rings. The maximum absolute atomic E-state index is 6.99. The van der Waals surface area contributed by atoms with Crippen molar-refractivity contribution in [2.45, 2.75) is 0 Å². The maximum atomic E-state index is 6.99. The van der Waals surface area contributed by atoms with Crippen molar-refractivity contribution in [2.24, 2.45) is 0 Å². The molecule has 0 radical (unpaired) electrons. The molecule has 0 spiro atoms. The van der Waals surface area contributed by atoms with E-state index >= 15 is 0 Å². The lowest BCUT2D eigenvalue weighted by Gasteiger charge is -2.13. The molecule has 75 heavy (non-hydrogen) atoms. The summed E-state index contributed by atoms with van der Waals surface area (Å²) in [6.07, 6.45) is 0. The molecule has 17 aromatic rings. The summed E-state index contributed by atoms with van der Waals surface area (Å²) in [6, 6.07) is 90.4. The molecule has 0 saturated heterocycles. The Hall–Kier alpha value is -9.12. The van der Waals surface area contributed by atoms with Gasteiger partial charge in [-0.25, -0.2) is 0 Å². The summed E-state index contributed by atoms with van der Waals surface area (Å²) < 4.78 is 12.3. The summed E-state index contributed by atoms with van der Waals surface area (Å²) in [5.41, 5.74) is 11.6. The number of thiophene rings is 2. The molecule has 14 aromatic carbocycles. The van der Waals surface area contributed by atoms with Gasteiger partial charge in [-0.1, -0.05) is 182 Å². The van der Waals surface area contributed by atoms with Crippen LogP contribution >= 0.6 is 22.7 Å². The molecule has 0 saturated carbocycles. The lowest BCUT2D eigenvalue weighted by molar-refractivity contribution is 0.670. The third-order valence-corrected chi connectivity index (χ3v) is 18.6. The molecule has 0 atom stereocenters. The number of benzene rings is 14. The zero-order valence-corrected chi connectivity index (χ0v) is 42.0. The van der Waals surface area contributed by atoms with Crippen LogP contribution in [0.5, 0.6) is 0 Å². The van der Waals surface area contributed by atoms with Crippen LogP contribution in [0, 0.1) is 0 Å². The molecule has 3 heterocycles. The highest BCUT2D eigenvalue weighted by atomic mass is 32.1. The first-order valence-electron chi connectivity index (χ1n) is 25.7. The largest absolute Gasteiger partial charge is 0.456 e. The molecular formula is C72H40OS2. The monoisotopic (exact) mass is 984 g/mol. The van der Waals surface area contributed by atoms with Gasteiger partial charge in [-0.2, -0.15) is 0 Å². The number of fused-ring (bicyclic) bond motifs is 21. The van der Waals surface area contributed by atoms with Crippen molar-refractivity contribution < 1.29 is 4.42 Å². The molecule has 1 nitrogen and oxygen atoms in total. The lowest BCUT2D eigenvalue weighted by atomic mass is 9.90. The Morgan fingerprint density at radius 3 is 0.987 bits per heavy atom. The van der Waals surface area contributed by atoms with E-state index in [1.54, 1.807) is 0 Å². The van der Waals surface area contributed by atoms with E-state index < -0.39 is 0 Å². The van der Waals surface area contributed by atoms with E-state index in [2.05, 4.69) is 243 Å². The number of hydrogen-bond donors (Lipinski definition) is 0. The molecule has 3 heteroatoms. The first kappa shape index (κ1) is 41.4. The Balaban J connectivity index is 0.802. The summed E-state index contributed by atoms with van der Waals surface area (Å²) in [5.74, 6) is 0. The Bertz CT molecular complexity index is 4990. The fraction of sp³-hybridized carbons (Fsp3) is 0. The lowest BCUT2D eigenvalue weighted by Crippen LogP contribution is -1.87. The van der Waals surface area contributed by atoms with Gasteiger partial charge in [0, 0.05) is 51.1 Å². The Kier molecular flexibility index (Phi) is 8.66. The van der Waals surface area contributed by atoms with Crippen molar-refractivity contribution >= 4 is 150 Å². The third kappa shape index (κ3) is 6.11. The Morgan fingerprint density at radius 1 is 0.200 bits per heavy atom. The molecule has 0 aliphatic heterocycles. The highest BCUT2D eigenvalue weighted by molar-refractivity contribution is 7.26. The smallest absolute Gasteiger partial charge is 0.136 e. The first-order chi connectivity index (χ1) is 37.1. The second kappa shape index (κ2) is 15.7. The standard InChI is InChI=1S/C72H40OS2/c1-3-19-51-49(17-1)59-35-43(41-13-9-15-45(33-41)47-23-11-25-57-55-21-5-7-27-69(55)74-71(47)57)29-31-53(59)63-39-67-65(37-61(51)63)66-38-62-52-20-4-2-18-50(52)60-36-44(30-32-54(60)64(62)40-68(66)73-67)42-14-10-16-46(34-42)48-24-12-26-58-56-22-6-8-28-70(56)75-72(48)58/h1-40H. The van der Waals surface area contributed by atoms with Crippen molar-refractivity contribution in [3.8, 4) is 44.5 Å². The number of hydrogen-bond acceptors (Lipinski definition) is 3. The predicted octanol–water partition coefficient (Wildman–Crippen LogP) is 21.9. The van der Waals surface area contributed by atoms with Crippen LogP contribution in [0.4, 0.5) is 0 Å². The van der Waals surface area contributed by atoms with E-state index in [-0.39, 0.29) is 0 Å². The average molecular weight is 985 g/mol. The number of furan rings is 1. The summed E-state index contributed by atoms with van der Waals surface area (Å²) in [6.45, 7) is 0. The fourth-order valence-corrected chi connectivity index (χ4v) is 15.2.